The molecule has 0 aliphatic rings. The monoisotopic (exact) mass is 488 g/mol. The Morgan fingerprint density at radius 3 is 2.74 bits per heavy atom. The van der Waals surface area contributed by atoms with Crippen molar-refractivity contribution in [2.24, 2.45) is 7.05 Å². The zero-order valence-corrected chi connectivity index (χ0v) is 19.9. The highest BCUT2D eigenvalue weighted by Crippen LogP contribution is 2.32. The molecule has 0 saturated heterocycles. The maximum Gasteiger partial charge on any atom is 0.356 e. The van der Waals surface area contributed by atoms with Crippen molar-refractivity contribution < 1.29 is 14.3 Å². The molecule has 0 amide bonds. The molecule has 0 aliphatic heterocycles. The molecular weight excluding hydrogens is 468 g/mol. The Morgan fingerprint density at radius 2 is 1.97 bits per heavy atom. The number of rotatable bonds is 5. The summed E-state index contributed by atoms with van der Waals surface area (Å²) in [6, 6.07) is 13.6. The molecule has 0 spiro atoms. The van der Waals surface area contributed by atoms with Crippen LogP contribution in [0.2, 0.25) is 5.15 Å². The second-order valence-electron chi connectivity index (χ2n) is 8.45. The number of hydrogen-bond donors (Lipinski definition) is 2. The molecule has 0 radical (unpaired) electrons. The summed E-state index contributed by atoms with van der Waals surface area (Å²) < 4.78 is 8.08. The fraction of sp³-hybridized carbons (Fsp3) is 0.154. The van der Waals surface area contributed by atoms with Gasteiger partial charge in [0.1, 0.15) is 16.5 Å². The number of carboxylic acids is 1. The minimum atomic E-state index is -1.20. The van der Waals surface area contributed by atoms with Gasteiger partial charge >= 0.3 is 5.97 Å². The summed E-state index contributed by atoms with van der Waals surface area (Å²) in [5.41, 5.74) is 3.65. The van der Waals surface area contributed by atoms with Crippen molar-refractivity contribution in [3.05, 3.63) is 86.9 Å². The van der Waals surface area contributed by atoms with Crippen LogP contribution in [0.15, 0.2) is 63.9 Å². The van der Waals surface area contributed by atoms with Gasteiger partial charge in [0.2, 0.25) is 0 Å². The number of carboxylic acid groups (broad SMARTS) is 1. The fourth-order valence-corrected chi connectivity index (χ4v) is 4.37. The standard InChI is InChI=1S/C26H21ClN4O4/c1-13-8-17(14(2)29-19-6-7-23(27)30-24(19)26(33)34)25-18(9-13)21(32)11-22(35-25)15-4-5-16-12-28-31(3)20(16)10-15/h4-12,14,29H,1-3H3,(H,33,34)/t14-/m1/s1. The van der Waals surface area contributed by atoms with Crippen molar-refractivity contribution in [1.29, 1.82) is 0 Å². The van der Waals surface area contributed by atoms with Gasteiger partial charge < -0.3 is 14.8 Å². The first-order valence-corrected chi connectivity index (χ1v) is 11.3. The third-order valence-electron chi connectivity index (χ3n) is 5.94. The molecule has 0 saturated carbocycles. The van der Waals surface area contributed by atoms with Crippen LogP contribution in [0.5, 0.6) is 0 Å². The Morgan fingerprint density at radius 1 is 1.17 bits per heavy atom. The highest BCUT2D eigenvalue weighted by atomic mass is 35.5. The van der Waals surface area contributed by atoms with Gasteiger partial charge in [-0.25, -0.2) is 9.78 Å². The van der Waals surface area contributed by atoms with Crippen LogP contribution in [-0.4, -0.2) is 25.8 Å². The number of aryl methyl sites for hydroxylation is 2. The number of benzene rings is 2. The Bertz CT molecular complexity index is 1690. The number of halogens is 1. The first-order chi connectivity index (χ1) is 16.7. The van der Waals surface area contributed by atoms with Crippen molar-refractivity contribution in [2.45, 2.75) is 19.9 Å². The predicted octanol–water partition coefficient (Wildman–Crippen LogP) is 5.57. The summed E-state index contributed by atoms with van der Waals surface area (Å²) in [6.45, 7) is 3.76. The molecule has 0 fully saturated rings. The molecule has 35 heavy (non-hydrogen) atoms. The zero-order valence-electron chi connectivity index (χ0n) is 19.2. The van der Waals surface area contributed by atoms with E-state index in [1.807, 2.05) is 45.2 Å². The molecule has 0 aliphatic carbocycles. The van der Waals surface area contributed by atoms with Crippen LogP contribution in [0, 0.1) is 6.92 Å². The average Bonchev–Trinajstić information content (AvgIpc) is 3.20. The van der Waals surface area contributed by atoms with E-state index in [4.69, 9.17) is 16.0 Å². The normalized spacial score (nSPS) is 12.2. The zero-order chi connectivity index (χ0) is 24.9. The third-order valence-corrected chi connectivity index (χ3v) is 6.15. The van der Waals surface area contributed by atoms with Gasteiger partial charge in [-0.1, -0.05) is 29.8 Å². The predicted molar refractivity (Wildman–Crippen MR) is 135 cm³/mol. The molecule has 5 rings (SSSR count). The van der Waals surface area contributed by atoms with Crippen molar-refractivity contribution in [2.75, 3.05) is 5.32 Å². The minimum absolute atomic E-state index is 0.0858. The Hall–Kier alpha value is -4.17. The van der Waals surface area contributed by atoms with Crippen molar-refractivity contribution in [1.82, 2.24) is 14.8 Å². The van der Waals surface area contributed by atoms with E-state index in [9.17, 15) is 14.7 Å². The van der Waals surface area contributed by atoms with Crippen LogP contribution >= 0.6 is 11.6 Å². The van der Waals surface area contributed by atoms with Gasteiger partial charge in [-0.15, -0.1) is 0 Å². The number of aromatic nitrogens is 3. The fourth-order valence-electron chi connectivity index (χ4n) is 4.22. The van der Waals surface area contributed by atoms with E-state index in [0.29, 0.717) is 28.0 Å². The summed E-state index contributed by atoms with van der Waals surface area (Å²) >= 11 is 5.89. The first kappa shape index (κ1) is 22.6. The maximum absolute atomic E-state index is 13.1. The molecule has 5 aromatic rings. The number of fused-ring (bicyclic) bond motifs is 2. The summed E-state index contributed by atoms with van der Waals surface area (Å²) in [5.74, 6) is -0.766. The van der Waals surface area contributed by atoms with Crippen molar-refractivity contribution >= 4 is 45.1 Å². The number of pyridine rings is 1. The molecule has 0 bridgehead atoms. The van der Waals surface area contributed by atoms with Crippen molar-refractivity contribution in [3.8, 4) is 11.3 Å². The lowest BCUT2D eigenvalue weighted by Crippen LogP contribution is -2.13. The molecule has 176 valence electrons. The Kier molecular flexibility index (Phi) is 5.53. The molecule has 0 unspecified atom stereocenters. The SMILES string of the molecule is Cc1cc([C@@H](C)Nc2ccc(Cl)nc2C(=O)O)c2oc(-c3ccc4cnn(C)c4c3)cc(=O)c2c1. The summed E-state index contributed by atoms with van der Waals surface area (Å²) in [5, 5.41) is 18.5. The lowest BCUT2D eigenvalue weighted by atomic mass is 10.0. The first-order valence-electron chi connectivity index (χ1n) is 10.9. The van der Waals surface area contributed by atoms with E-state index in [2.05, 4.69) is 15.4 Å². The highest BCUT2D eigenvalue weighted by molar-refractivity contribution is 6.29. The van der Waals surface area contributed by atoms with E-state index < -0.39 is 12.0 Å². The number of nitrogens with one attached hydrogen (secondary N) is 1. The molecule has 9 heteroatoms. The van der Waals surface area contributed by atoms with Gasteiger partial charge in [0.05, 0.1) is 28.8 Å². The van der Waals surface area contributed by atoms with Crippen LogP contribution in [0.1, 0.15) is 34.6 Å². The van der Waals surface area contributed by atoms with Gasteiger partial charge in [0, 0.05) is 29.6 Å². The van der Waals surface area contributed by atoms with Crippen LogP contribution in [0.4, 0.5) is 5.69 Å². The lowest BCUT2D eigenvalue weighted by molar-refractivity contribution is 0.0691. The molecule has 2 aromatic carbocycles. The van der Waals surface area contributed by atoms with E-state index in [0.717, 1.165) is 22.0 Å². The number of aromatic carboxylic acids is 1. The molecule has 2 N–H and O–H groups in total. The van der Waals surface area contributed by atoms with E-state index >= 15 is 0 Å². The largest absolute Gasteiger partial charge is 0.476 e. The number of anilines is 1. The third kappa shape index (κ3) is 4.13. The highest BCUT2D eigenvalue weighted by Gasteiger charge is 2.20. The summed E-state index contributed by atoms with van der Waals surface area (Å²) in [4.78, 5) is 28.7. The van der Waals surface area contributed by atoms with Gasteiger partial charge in [-0.2, -0.15) is 5.10 Å². The van der Waals surface area contributed by atoms with Gasteiger partial charge in [0.25, 0.3) is 0 Å². The van der Waals surface area contributed by atoms with E-state index in [1.54, 1.807) is 23.0 Å². The number of carbonyl (C=O) groups is 1. The van der Waals surface area contributed by atoms with Gasteiger partial charge in [0.15, 0.2) is 11.1 Å². The van der Waals surface area contributed by atoms with Gasteiger partial charge in [-0.05, 0) is 43.7 Å². The van der Waals surface area contributed by atoms with Crippen LogP contribution in [0.3, 0.4) is 0 Å². The Labute approximate surface area is 204 Å². The Balaban J connectivity index is 1.64. The van der Waals surface area contributed by atoms with Crippen LogP contribution < -0.4 is 10.7 Å². The smallest absolute Gasteiger partial charge is 0.356 e. The molecule has 1 atom stereocenters. The summed E-state index contributed by atoms with van der Waals surface area (Å²) in [6.07, 6.45) is 1.78. The topological polar surface area (TPSA) is 110 Å². The quantitative estimate of drug-likeness (QED) is 0.311. The van der Waals surface area contributed by atoms with Gasteiger partial charge in [-0.3, -0.25) is 9.48 Å². The number of hydrogen-bond acceptors (Lipinski definition) is 6. The summed E-state index contributed by atoms with van der Waals surface area (Å²) in [7, 11) is 1.86. The molecule has 3 aromatic heterocycles. The van der Waals surface area contributed by atoms with Crippen molar-refractivity contribution in [3.63, 3.8) is 0 Å². The minimum Gasteiger partial charge on any atom is -0.476 e. The second-order valence-corrected chi connectivity index (χ2v) is 8.84. The maximum atomic E-state index is 13.1. The van der Waals surface area contributed by atoms with E-state index in [-0.39, 0.29) is 16.3 Å². The van der Waals surface area contributed by atoms with Crippen LogP contribution in [0.25, 0.3) is 33.2 Å². The van der Waals surface area contributed by atoms with E-state index in [1.165, 1.54) is 12.1 Å². The lowest BCUT2D eigenvalue weighted by Gasteiger charge is -2.19. The molecular formula is C26H21ClN4O4. The molecule has 8 nitrogen and oxygen atoms in total. The van der Waals surface area contributed by atoms with Crippen LogP contribution in [-0.2, 0) is 7.05 Å². The molecule has 3 heterocycles. The average molecular weight is 489 g/mol. The second kappa shape index (κ2) is 8.56. The number of nitrogens with zero attached hydrogens (tertiary/aromatic N) is 3.